The highest BCUT2D eigenvalue weighted by Crippen LogP contribution is 2.22. The summed E-state index contributed by atoms with van der Waals surface area (Å²) in [6, 6.07) is 1.14. The van der Waals surface area contributed by atoms with Gasteiger partial charge in [0.15, 0.2) is 0 Å². The second-order valence-corrected chi connectivity index (χ2v) is 5.17. The summed E-state index contributed by atoms with van der Waals surface area (Å²) in [4.78, 5) is 34.3. The number of carbonyl (C=O) groups is 1. The number of hydrogen-bond donors (Lipinski definition) is 1. The van der Waals surface area contributed by atoms with Gasteiger partial charge in [-0.1, -0.05) is 0 Å². The minimum Gasteiger partial charge on any atom is -0.377 e. The second-order valence-electron chi connectivity index (χ2n) is 5.17. The van der Waals surface area contributed by atoms with Gasteiger partial charge in [0, 0.05) is 12.6 Å². The van der Waals surface area contributed by atoms with Gasteiger partial charge in [-0.25, -0.2) is 4.98 Å². The summed E-state index contributed by atoms with van der Waals surface area (Å²) in [5.41, 5.74) is 0.371. The number of carbonyl (C=O) groups excluding carboxylic acids is 1. The Bertz CT molecular complexity index is 541. The number of nitrogens with zero attached hydrogens (tertiary/aromatic N) is 3. The zero-order valence-electron chi connectivity index (χ0n) is 12.0. The van der Waals surface area contributed by atoms with Crippen LogP contribution in [0, 0.1) is 6.92 Å². The molecule has 0 radical (unpaired) electrons. The number of aromatic amines is 1. The molecule has 2 heterocycles. The average Bonchev–Trinajstić information content (AvgIpc) is 2.36. The SMILES string of the molecule is Cc1nc([C@H]2COCCN2C(=O)CN(C)C)cc(=O)[nH]1. The molecule has 1 aromatic rings. The Kier molecular flexibility index (Phi) is 4.51. The van der Waals surface area contributed by atoms with Gasteiger partial charge in [0.2, 0.25) is 5.91 Å². The van der Waals surface area contributed by atoms with E-state index in [1.54, 1.807) is 11.8 Å². The molecule has 0 bridgehead atoms. The largest absolute Gasteiger partial charge is 0.377 e. The van der Waals surface area contributed by atoms with Crippen LogP contribution in [0.25, 0.3) is 0 Å². The van der Waals surface area contributed by atoms with Crippen LogP contribution in [0.5, 0.6) is 0 Å². The van der Waals surface area contributed by atoms with Crippen molar-refractivity contribution in [2.45, 2.75) is 13.0 Å². The second kappa shape index (κ2) is 6.15. The Morgan fingerprint density at radius 1 is 1.60 bits per heavy atom. The zero-order valence-corrected chi connectivity index (χ0v) is 12.0. The standard InChI is InChI=1S/C13H20N4O3/c1-9-14-10(6-12(18)15-9)11-8-20-5-4-17(11)13(19)7-16(2)3/h6,11H,4-5,7-8H2,1-3H3,(H,14,15,18)/t11-/m1/s1. The van der Waals surface area contributed by atoms with Crippen molar-refractivity contribution < 1.29 is 9.53 Å². The van der Waals surface area contributed by atoms with Gasteiger partial charge in [-0.3, -0.25) is 9.59 Å². The molecule has 7 nitrogen and oxygen atoms in total. The van der Waals surface area contributed by atoms with Gasteiger partial charge in [-0.05, 0) is 21.0 Å². The molecule has 1 atom stereocenters. The highest BCUT2D eigenvalue weighted by Gasteiger charge is 2.30. The van der Waals surface area contributed by atoms with Crippen LogP contribution in [0.2, 0.25) is 0 Å². The molecule has 2 rings (SSSR count). The molecule has 1 aliphatic rings. The summed E-state index contributed by atoms with van der Waals surface area (Å²) >= 11 is 0. The number of aryl methyl sites for hydroxylation is 1. The minimum atomic E-state index is -0.294. The molecule has 1 fully saturated rings. The van der Waals surface area contributed by atoms with Crippen molar-refractivity contribution in [3.8, 4) is 0 Å². The molecule has 0 aromatic carbocycles. The van der Waals surface area contributed by atoms with E-state index in [0.717, 1.165) is 0 Å². The first-order valence-electron chi connectivity index (χ1n) is 6.57. The van der Waals surface area contributed by atoms with Gasteiger partial charge in [0.25, 0.3) is 5.56 Å². The van der Waals surface area contributed by atoms with E-state index < -0.39 is 0 Å². The quantitative estimate of drug-likeness (QED) is 0.810. The highest BCUT2D eigenvalue weighted by atomic mass is 16.5. The van der Waals surface area contributed by atoms with Crippen LogP contribution < -0.4 is 5.56 Å². The number of nitrogens with one attached hydrogen (secondary N) is 1. The fraction of sp³-hybridized carbons (Fsp3) is 0.615. The first kappa shape index (κ1) is 14.7. The Labute approximate surface area is 117 Å². The molecule has 1 N–H and O–H groups in total. The summed E-state index contributed by atoms with van der Waals surface area (Å²) < 4.78 is 5.44. The van der Waals surface area contributed by atoms with Crippen molar-refractivity contribution in [1.29, 1.82) is 0 Å². The van der Waals surface area contributed by atoms with Gasteiger partial charge in [-0.2, -0.15) is 0 Å². The van der Waals surface area contributed by atoms with Crippen molar-refractivity contribution in [2.75, 3.05) is 40.4 Å². The number of ether oxygens (including phenoxy) is 1. The van der Waals surface area contributed by atoms with Crippen molar-refractivity contribution >= 4 is 5.91 Å². The third kappa shape index (κ3) is 3.43. The van der Waals surface area contributed by atoms with Gasteiger partial charge in [0.1, 0.15) is 5.82 Å². The fourth-order valence-electron chi connectivity index (χ4n) is 2.28. The first-order valence-corrected chi connectivity index (χ1v) is 6.57. The minimum absolute atomic E-state index is 0.0167. The number of H-pyrrole nitrogens is 1. The van der Waals surface area contributed by atoms with E-state index in [-0.39, 0.29) is 17.5 Å². The van der Waals surface area contributed by atoms with Gasteiger partial charge >= 0.3 is 0 Å². The fourth-order valence-corrected chi connectivity index (χ4v) is 2.28. The van der Waals surface area contributed by atoms with Crippen molar-refractivity contribution in [3.05, 3.63) is 27.9 Å². The Morgan fingerprint density at radius 3 is 3.00 bits per heavy atom. The third-order valence-corrected chi connectivity index (χ3v) is 3.12. The maximum atomic E-state index is 12.3. The van der Waals surface area contributed by atoms with Gasteiger partial charge < -0.3 is 19.5 Å². The molecule has 110 valence electrons. The number of morpholine rings is 1. The predicted octanol–water partition coefficient (Wildman–Crippen LogP) is -0.460. The molecule has 1 amide bonds. The van der Waals surface area contributed by atoms with Crippen molar-refractivity contribution in [2.24, 2.45) is 0 Å². The van der Waals surface area contributed by atoms with Crippen LogP contribution in [0.1, 0.15) is 17.6 Å². The zero-order chi connectivity index (χ0) is 14.7. The van der Waals surface area contributed by atoms with Crippen LogP contribution in [0.4, 0.5) is 0 Å². The average molecular weight is 280 g/mol. The molecule has 1 aliphatic heterocycles. The normalized spacial score (nSPS) is 19.4. The summed E-state index contributed by atoms with van der Waals surface area (Å²) in [5, 5.41) is 0. The lowest BCUT2D eigenvalue weighted by Crippen LogP contribution is -2.47. The summed E-state index contributed by atoms with van der Waals surface area (Å²) in [6.07, 6.45) is 0. The highest BCUT2D eigenvalue weighted by molar-refractivity contribution is 5.78. The van der Waals surface area contributed by atoms with Crippen LogP contribution in [-0.2, 0) is 9.53 Å². The first-order chi connectivity index (χ1) is 9.47. The third-order valence-electron chi connectivity index (χ3n) is 3.12. The van der Waals surface area contributed by atoms with Crippen molar-refractivity contribution in [1.82, 2.24) is 19.8 Å². The number of hydrogen-bond acceptors (Lipinski definition) is 5. The molecule has 7 heteroatoms. The smallest absolute Gasteiger partial charge is 0.251 e. The van der Waals surface area contributed by atoms with Gasteiger partial charge in [0.05, 0.1) is 31.5 Å². The number of amides is 1. The van der Waals surface area contributed by atoms with E-state index in [2.05, 4.69) is 9.97 Å². The lowest BCUT2D eigenvalue weighted by Gasteiger charge is -2.35. The lowest BCUT2D eigenvalue weighted by atomic mass is 10.1. The molecular weight excluding hydrogens is 260 g/mol. The summed E-state index contributed by atoms with van der Waals surface area (Å²) in [6.45, 7) is 3.46. The van der Waals surface area contributed by atoms with E-state index in [1.807, 2.05) is 19.0 Å². The van der Waals surface area contributed by atoms with Crippen LogP contribution in [0.3, 0.4) is 0 Å². The number of aromatic nitrogens is 2. The maximum Gasteiger partial charge on any atom is 0.251 e. The van der Waals surface area contributed by atoms with Crippen LogP contribution in [-0.4, -0.2) is 66.1 Å². The maximum absolute atomic E-state index is 12.3. The molecule has 0 unspecified atom stereocenters. The summed E-state index contributed by atoms with van der Waals surface area (Å²) in [7, 11) is 3.70. The molecule has 0 saturated carbocycles. The molecular formula is C13H20N4O3. The van der Waals surface area contributed by atoms with E-state index in [4.69, 9.17) is 4.74 Å². The van der Waals surface area contributed by atoms with E-state index in [0.29, 0.717) is 37.8 Å². The molecule has 1 saturated heterocycles. The monoisotopic (exact) mass is 280 g/mol. The number of likely N-dealkylation sites (N-methyl/N-ethyl adjacent to an activating group) is 1. The van der Waals surface area contributed by atoms with Crippen molar-refractivity contribution in [3.63, 3.8) is 0 Å². The lowest BCUT2D eigenvalue weighted by molar-refractivity contribution is -0.141. The Morgan fingerprint density at radius 2 is 2.35 bits per heavy atom. The Balaban J connectivity index is 2.26. The van der Waals surface area contributed by atoms with E-state index in [9.17, 15) is 9.59 Å². The number of rotatable bonds is 3. The van der Waals surface area contributed by atoms with E-state index in [1.165, 1.54) is 6.07 Å². The topological polar surface area (TPSA) is 78.5 Å². The molecule has 0 aliphatic carbocycles. The van der Waals surface area contributed by atoms with Crippen LogP contribution >= 0.6 is 0 Å². The summed E-state index contributed by atoms with van der Waals surface area (Å²) in [5.74, 6) is 0.557. The molecule has 0 spiro atoms. The molecule has 1 aromatic heterocycles. The van der Waals surface area contributed by atoms with E-state index >= 15 is 0 Å². The van der Waals surface area contributed by atoms with Crippen LogP contribution in [0.15, 0.2) is 10.9 Å². The molecule has 20 heavy (non-hydrogen) atoms. The predicted molar refractivity (Wildman–Crippen MR) is 73.4 cm³/mol. The van der Waals surface area contributed by atoms with Gasteiger partial charge in [-0.15, -0.1) is 0 Å². The Hall–Kier alpha value is -1.73.